The number of para-hydroxylation sites is 1. The zero-order chi connectivity index (χ0) is 20.7. The molecular weight excluding hydrogens is 377 g/mol. The van der Waals surface area contributed by atoms with Crippen molar-refractivity contribution in [2.45, 2.75) is 25.2 Å². The van der Waals surface area contributed by atoms with Crippen molar-refractivity contribution in [3.8, 4) is 11.5 Å². The van der Waals surface area contributed by atoms with Gasteiger partial charge in [-0.1, -0.05) is 12.1 Å². The van der Waals surface area contributed by atoms with Crippen molar-refractivity contribution < 1.29 is 32.9 Å². The Morgan fingerprint density at radius 2 is 1.86 bits per heavy atom. The fourth-order valence-electron chi connectivity index (χ4n) is 2.87. The number of alkyl halides is 3. The number of carbonyl (C=O) groups excluding carboxylic acids is 1. The largest absolute Gasteiger partial charge is 0.507 e. The van der Waals surface area contributed by atoms with Gasteiger partial charge in [0.2, 0.25) is 0 Å². The van der Waals surface area contributed by atoms with Crippen molar-refractivity contribution in [2.24, 2.45) is 5.10 Å². The van der Waals surface area contributed by atoms with Crippen molar-refractivity contribution in [2.75, 3.05) is 7.11 Å². The van der Waals surface area contributed by atoms with Crippen molar-refractivity contribution in [3.63, 3.8) is 0 Å². The van der Waals surface area contributed by atoms with Crippen LogP contribution in [0.25, 0.3) is 0 Å². The number of methoxy groups -OCH3 is 1. The first kappa shape index (κ1) is 19.7. The molecule has 0 aromatic heterocycles. The van der Waals surface area contributed by atoms with Crippen LogP contribution < -0.4 is 4.74 Å². The molecule has 0 unspecified atom stereocenters. The Balaban J connectivity index is 2.07. The molecule has 0 saturated heterocycles. The van der Waals surface area contributed by atoms with Gasteiger partial charge in [0.05, 0.1) is 24.8 Å². The minimum atomic E-state index is -5.17. The van der Waals surface area contributed by atoms with E-state index in [-0.39, 0.29) is 16.3 Å². The molecule has 1 amide bonds. The van der Waals surface area contributed by atoms with E-state index in [4.69, 9.17) is 4.74 Å². The monoisotopic (exact) mass is 394 g/mol. The van der Waals surface area contributed by atoms with Crippen LogP contribution >= 0.6 is 0 Å². The predicted octanol–water partition coefficient (Wildman–Crippen LogP) is 3.21. The molecule has 0 fully saturated rings. The number of ether oxygens (including phenoxy) is 1. The Hall–Kier alpha value is -3.07. The third kappa shape index (κ3) is 3.18. The van der Waals surface area contributed by atoms with Gasteiger partial charge in [0.1, 0.15) is 11.5 Å². The van der Waals surface area contributed by atoms with Gasteiger partial charge in [0, 0.05) is 0 Å². The van der Waals surface area contributed by atoms with Crippen LogP contribution in [0.15, 0.2) is 47.6 Å². The van der Waals surface area contributed by atoms with Crippen LogP contribution in [0.1, 0.15) is 27.9 Å². The summed E-state index contributed by atoms with van der Waals surface area (Å²) in [5, 5.41) is 24.2. The lowest BCUT2D eigenvalue weighted by Gasteiger charge is -2.32. The highest BCUT2D eigenvalue weighted by Gasteiger charge is 2.63. The first-order valence-corrected chi connectivity index (χ1v) is 8.22. The molecule has 9 heteroatoms. The number of rotatable bonds is 3. The molecule has 3 rings (SSSR count). The molecular formula is C19H17F3N2O4. The first-order chi connectivity index (χ1) is 13.1. The minimum absolute atomic E-state index is 0.0128. The fraction of sp³-hybridized carbons (Fsp3) is 0.263. The molecule has 1 aliphatic rings. The summed E-state index contributed by atoms with van der Waals surface area (Å²) in [6, 6.07) is 10.1. The summed E-state index contributed by atoms with van der Waals surface area (Å²) in [7, 11) is 1.44. The van der Waals surface area contributed by atoms with E-state index in [1.165, 1.54) is 56.5 Å². The molecule has 1 aliphatic heterocycles. The van der Waals surface area contributed by atoms with Crippen LogP contribution in [0, 0.1) is 6.92 Å². The zero-order valence-electron chi connectivity index (χ0n) is 15.0. The Labute approximate surface area is 158 Å². The number of hydrogen-bond acceptors (Lipinski definition) is 5. The standard InChI is InChI=1S/C19H17F3N2O4/c1-11-4-3-5-14(16(11)25)17(26)24-18(27,19(20,21)22)10-15(23-24)12-6-8-13(28-2)9-7-12/h3-9,25,27H,10H2,1-2H3/t18-/m1/s1. The molecule has 2 N–H and O–H groups in total. The van der Waals surface area contributed by atoms with Crippen LogP contribution in [0.4, 0.5) is 13.2 Å². The maximum absolute atomic E-state index is 13.7. The van der Waals surface area contributed by atoms with Gasteiger partial charge >= 0.3 is 6.18 Å². The van der Waals surface area contributed by atoms with Gasteiger partial charge in [0.25, 0.3) is 11.6 Å². The molecule has 2 aromatic rings. The summed E-state index contributed by atoms with van der Waals surface area (Å²) >= 11 is 0. The highest BCUT2D eigenvalue weighted by atomic mass is 19.4. The van der Waals surface area contributed by atoms with Gasteiger partial charge in [0.15, 0.2) is 0 Å². The number of aryl methyl sites for hydroxylation is 1. The predicted molar refractivity (Wildman–Crippen MR) is 94.2 cm³/mol. The maximum Gasteiger partial charge on any atom is 0.438 e. The van der Waals surface area contributed by atoms with Crippen LogP contribution in [0.2, 0.25) is 0 Å². The van der Waals surface area contributed by atoms with E-state index < -0.39 is 30.0 Å². The lowest BCUT2D eigenvalue weighted by atomic mass is 10.00. The highest BCUT2D eigenvalue weighted by molar-refractivity contribution is 6.06. The van der Waals surface area contributed by atoms with Gasteiger partial charge in [-0.2, -0.15) is 23.3 Å². The van der Waals surface area contributed by atoms with E-state index in [2.05, 4.69) is 5.10 Å². The third-order valence-electron chi connectivity index (χ3n) is 4.52. The van der Waals surface area contributed by atoms with E-state index in [1.807, 2.05) is 0 Å². The number of halogens is 3. The quantitative estimate of drug-likeness (QED) is 0.838. The van der Waals surface area contributed by atoms with Gasteiger partial charge in [-0.25, -0.2) is 0 Å². The number of phenols is 1. The lowest BCUT2D eigenvalue weighted by Crippen LogP contribution is -2.56. The molecule has 0 bridgehead atoms. The summed E-state index contributed by atoms with van der Waals surface area (Å²) in [6.45, 7) is 1.50. The number of phenolic OH excluding ortho intramolecular Hbond substituents is 1. The molecule has 0 saturated carbocycles. The van der Waals surface area contributed by atoms with E-state index in [0.29, 0.717) is 16.9 Å². The van der Waals surface area contributed by atoms with Gasteiger partial charge < -0.3 is 14.9 Å². The van der Waals surface area contributed by atoms with Crippen molar-refractivity contribution in [3.05, 3.63) is 59.2 Å². The summed E-state index contributed by atoms with van der Waals surface area (Å²) in [5.41, 5.74) is -3.44. The topological polar surface area (TPSA) is 82.4 Å². The second kappa shape index (κ2) is 6.83. The SMILES string of the molecule is COc1ccc(C2=NN(C(=O)c3cccc(C)c3O)[C@](O)(C(F)(F)F)C2)cc1. The van der Waals surface area contributed by atoms with Gasteiger partial charge in [-0.05, 0) is 48.4 Å². The molecule has 0 spiro atoms. The Morgan fingerprint density at radius 1 is 1.21 bits per heavy atom. The Kier molecular flexibility index (Phi) is 4.80. The summed E-state index contributed by atoms with van der Waals surface area (Å²) < 4.78 is 46.0. The summed E-state index contributed by atoms with van der Waals surface area (Å²) in [5.74, 6) is -1.24. The van der Waals surface area contributed by atoms with E-state index in [9.17, 15) is 28.2 Å². The number of aromatic hydroxyl groups is 1. The van der Waals surface area contributed by atoms with E-state index in [0.717, 1.165) is 0 Å². The molecule has 28 heavy (non-hydrogen) atoms. The second-order valence-corrected chi connectivity index (χ2v) is 6.35. The molecule has 6 nitrogen and oxygen atoms in total. The van der Waals surface area contributed by atoms with Crippen molar-refractivity contribution in [1.29, 1.82) is 0 Å². The lowest BCUT2D eigenvalue weighted by molar-refractivity contribution is -0.297. The van der Waals surface area contributed by atoms with E-state index >= 15 is 0 Å². The fourth-order valence-corrected chi connectivity index (χ4v) is 2.87. The number of amides is 1. The average Bonchev–Trinajstić information content (AvgIpc) is 3.02. The van der Waals surface area contributed by atoms with Crippen LogP contribution in [-0.4, -0.2) is 45.9 Å². The van der Waals surface area contributed by atoms with Gasteiger partial charge in [-0.3, -0.25) is 4.79 Å². The smallest absolute Gasteiger partial charge is 0.438 e. The number of benzene rings is 2. The number of hydrazone groups is 1. The third-order valence-corrected chi connectivity index (χ3v) is 4.52. The van der Waals surface area contributed by atoms with Crippen LogP contribution in [0.5, 0.6) is 11.5 Å². The molecule has 0 radical (unpaired) electrons. The summed E-state index contributed by atoms with van der Waals surface area (Å²) in [4.78, 5) is 12.7. The molecule has 1 atom stereocenters. The van der Waals surface area contributed by atoms with Crippen LogP contribution in [-0.2, 0) is 0 Å². The van der Waals surface area contributed by atoms with Gasteiger partial charge in [-0.15, -0.1) is 0 Å². The zero-order valence-corrected chi connectivity index (χ0v) is 15.0. The number of hydrogen-bond donors (Lipinski definition) is 2. The molecule has 148 valence electrons. The highest BCUT2D eigenvalue weighted by Crippen LogP contribution is 2.42. The van der Waals surface area contributed by atoms with E-state index in [1.54, 1.807) is 0 Å². The minimum Gasteiger partial charge on any atom is -0.507 e. The number of aliphatic hydroxyl groups is 1. The number of carbonyl (C=O) groups is 1. The molecule has 2 aromatic carbocycles. The number of nitrogens with zero attached hydrogens (tertiary/aromatic N) is 2. The second-order valence-electron chi connectivity index (χ2n) is 6.35. The first-order valence-electron chi connectivity index (χ1n) is 8.22. The summed E-state index contributed by atoms with van der Waals surface area (Å²) in [6.07, 6.45) is -6.11. The maximum atomic E-state index is 13.7. The molecule has 0 aliphatic carbocycles. The average molecular weight is 394 g/mol. The van der Waals surface area contributed by atoms with Crippen molar-refractivity contribution >= 4 is 11.6 Å². The van der Waals surface area contributed by atoms with Crippen molar-refractivity contribution in [1.82, 2.24) is 5.01 Å². The Bertz CT molecular complexity index is 941. The molecule has 1 heterocycles. The normalized spacial score (nSPS) is 19.5. The Morgan fingerprint density at radius 3 is 2.43 bits per heavy atom. The van der Waals surface area contributed by atoms with Crippen LogP contribution in [0.3, 0.4) is 0 Å².